The molecule has 0 spiro atoms. The van der Waals surface area contributed by atoms with Crippen molar-refractivity contribution in [2.45, 2.75) is 46.6 Å². The van der Waals surface area contributed by atoms with E-state index in [1.165, 1.54) is 5.56 Å². The molecule has 0 heterocycles. The zero-order valence-corrected chi connectivity index (χ0v) is 11.1. The van der Waals surface area contributed by atoms with Gasteiger partial charge in [-0.3, -0.25) is 0 Å². The molecule has 0 aromatic heterocycles. The summed E-state index contributed by atoms with van der Waals surface area (Å²) >= 11 is 0. The van der Waals surface area contributed by atoms with E-state index < -0.39 is 0 Å². The van der Waals surface area contributed by atoms with Gasteiger partial charge in [-0.2, -0.15) is 0 Å². The predicted molar refractivity (Wildman–Crippen MR) is 72.4 cm³/mol. The van der Waals surface area contributed by atoms with Crippen LogP contribution in [0.15, 0.2) is 18.2 Å². The number of nitrogens with one attached hydrogen (secondary N) is 2. The molecule has 0 radical (unpaired) electrons. The smallest absolute Gasteiger partial charge is 0.319 e. The number of hydrogen-bond acceptors (Lipinski definition) is 1. The summed E-state index contributed by atoms with van der Waals surface area (Å²) in [7, 11) is 0. The van der Waals surface area contributed by atoms with E-state index in [2.05, 4.69) is 24.5 Å². The number of benzene rings is 1. The minimum Gasteiger partial charge on any atom is -0.335 e. The van der Waals surface area contributed by atoms with E-state index >= 15 is 0 Å². The number of rotatable bonds is 4. The van der Waals surface area contributed by atoms with Gasteiger partial charge in [0.1, 0.15) is 0 Å². The molecule has 0 unspecified atom stereocenters. The summed E-state index contributed by atoms with van der Waals surface area (Å²) in [6.07, 6.45) is 1.91. The van der Waals surface area contributed by atoms with E-state index in [9.17, 15) is 4.79 Å². The van der Waals surface area contributed by atoms with Crippen LogP contribution in [0.25, 0.3) is 0 Å². The Bertz CT molecular complexity index is 384. The first kappa shape index (κ1) is 13.6. The highest BCUT2D eigenvalue weighted by atomic mass is 16.2. The molecular formula is C14H22N2O. The molecule has 1 aromatic rings. The average molecular weight is 234 g/mol. The second-order valence-corrected chi connectivity index (χ2v) is 4.36. The summed E-state index contributed by atoms with van der Waals surface area (Å²) in [5.41, 5.74) is 3.19. The molecule has 0 saturated heterocycles. The van der Waals surface area contributed by atoms with Crippen molar-refractivity contribution < 1.29 is 4.79 Å². The first-order chi connectivity index (χ1) is 8.08. The van der Waals surface area contributed by atoms with E-state index in [4.69, 9.17) is 0 Å². The van der Waals surface area contributed by atoms with E-state index in [0.717, 1.165) is 24.1 Å². The molecule has 1 aromatic carbocycles. The van der Waals surface area contributed by atoms with Crippen LogP contribution in [-0.4, -0.2) is 12.1 Å². The summed E-state index contributed by atoms with van der Waals surface area (Å²) in [5, 5.41) is 5.86. The third-order valence-electron chi connectivity index (χ3n) is 3.17. The lowest BCUT2D eigenvalue weighted by molar-refractivity contribution is 0.247. The summed E-state index contributed by atoms with van der Waals surface area (Å²) in [6.45, 7) is 8.21. The maximum atomic E-state index is 11.8. The van der Waals surface area contributed by atoms with Crippen molar-refractivity contribution in [3.8, 4) is 0 Å². The van der Waals surface area contributed by atoms with Crippen molar-refractivity contribution >= 4 is 11.7 Å². The van der Waals surface area contributed by atoms with Crippen molar-refractivity contribution in [1.29, 1.82) is 0 Å². The highest BCUT2D eigenvalue weighted by Gasteiger charge is 2.09. The Morgan fingerprint density at radius 2 is 1.88 bits per heavy atom. The Kier molecular flexibility index (Phi) is 5.01. The SMILES string of the molecule is CCC(CC)NC(=O)Nc1cccc(C)c1C. The molecule has 0 saturated carbocycles. The molecule has 3 heteroatoms. The lowest BCUT2D eigenvalue weighted by Crippen LogP contribution is -2.37. The summed E-state index contributed by atoms with van der Waals surface area (Å²) in [5.74, 6) is 0. The third-order valence-corrected chi connectivity index (χ3v) is 3.17. The maximum Gasteiger partial charge on any atom is 0.319 e. The zero-order valence-electron chi connectivity index (χ0n) is 11.1. The predicted octanol–water partition coefficient (Wildman–Crippen LogP) is 3.61. The van der Waals surface area contributed by atoms with Gasteiger partial charge in [0.05, 0.1) is 0 Å². The molecule has 0 bridgehead atoms. The molecule has 2 amide bonds. The first-order valence-electron chi connectivity index (χ1n) is 6.22. The molecule has 0 atom stereocenters. The van der Waals surface area contributed by atoms with E-state index in [0.29, 0.717) is 0 Å². The fourth-order valence-corrected chi connectivity index (χ4v) is 1.72. The molecular weight excluding hydrogens is 212 g/mol. The van der Waals surface area contributed by atoms with Gasteiger partial charge in [-0.25, -0.2) is 4.79 Å². The minimum atomic E-state index is -0.118. The van der Waals surface area contributed by atoms with Crippen LogP contribution in [0.3, 0.4) is 0 Å². The largest absolute Gasteiger partial charge is 0.335 e. The second-order valence-electron chi connectivity index (χ2n) is 4.36. The van der Waals surface area contributed by atoms with Crippen LogP contribution in [0.1, 0.15) is 37.8 Å². The van der Waals surface area contributed by atoms with E-state index in [-0.39, 0.29) is 12.1 Å². The van der Waals surface area contributed by atoms with Crippen LogP contribution in [0.2, 0.25) is 0 Å². The van der Waals surface area contributed by atoms with Gasteiger partial charge in [-0.05, 0) is 43.9 Å². The molecule has 94 valence electrons. The van der Waals surface area contributed by atoms with E-state index in [1.807, 2.05) is 32.0 Å². The molecule has 0 aliphatic carbocycles. The molecule has 2 N–H and O–H groups in total. The number of hydrogen-bond donors (Lipinski definition) is 2. The number of anilines is 1. The van der Waals surface area contributed by atoms with Crippen LogP contribution in [-0.2, 0) is 0 Å². The second kappa shape index (κ2) is 6.28. The van der Waals surface area contributed by atoms with Crippen molar-refractivity contribution in [3.63, 3.8) is 0 Å². The van der Waals surface area contributed by atoms with Crippen LogP contribution in [0.4, 0.5) is 10.5 Å². The topological polar surface area (TPSA) is 41.1 Å². The molecule has 0 aliphatic heterocycles. The normalized spacial score (nSPS) is 10.4. The van der Waals surface area contributed by atoms with Crippen molar-refractivity contribution in [2.24, 2.45) is 0 Å². The average Bonchev–Trinajstić information content (AvgIpc) is 2.32. The molecule has 3 nitrogen and oxygen atoms in total. The van der Waals surface area contributed by atoms with Crippen LogP contribution in [0, 0.1) is 13.8 Å². The highest BCUT2D eigenvalue weighted by molar-refractivity contribution is 5.90. The van der Waals surface area contributed by atoms with Crippen molar-refractivity contribution in [2.75, 3.05) is 5.32 Å². The first-order valence-corrected chi connectivity index (χ1v) is 6.22. The monoisotopic (exact) mass is 234 g/mol. The lowest BCUT2D eigenvalue weighted by atomic mass is 10.1. The minimum absolute atomic E-state index is 0.118. The van der Waals surface area contributed by atoms with Crippen LogP contribution < -0.4 is 10.6 Å². The van der Waals surface area contributed by atoms with Gasteiger partial charge in [0.15, 0.2) is 0 Å². The van der Waals surface area contributed by atoms with Crippen LogP contribution in [0.5, 0.6) is 0 Å². The molecule has 1 rings (SSSR count). The number of aryl methyl sites for hydroxylation is 1. The van der Waals surface area contributed by atoms with Crippen LogP contribution >= 0.6 is 0 Å². The number of urea groups is 1. The standard InChI is InChI=1S/C14H22N2O/c1-5-12(6-2)15-14(17)16-13-9-7-8-10(3)11(13)4/h7-9,12H,5-6H2,1-4H3,(H2,15,16,17). The lowest BCUT2D eigenvalue weighted by Gasteiger charge is -2.16. The number of carbonyl (C=O) groups is 1. The van der Waals surface area contributed by atoms with Gasteiger partial charge < -0.3 is 10.6 Å². The van der Waals surface area contributed by atoms with Gasteiger partial charge in [0.2, 0.25) is 0 Å². The highest BCUT2D eigenvalue weighted by Crippen LogP contribution is 2.17. The maximum absolute atomic E-state index is 11.8. The van der Waals surface area contributed by atoms with Gasteiger partial charge in [0, 0.05) is 11.7 Å². The Morgan fingerprint density at radius 3 is 2.47 bits per heavy atom. The summed E-state index contributed by atoms with van der Waals surface area (Å²) in [4.78, 5) is 11.8. The fourth-order valence-electron chi connectivity index (χ4n) is 1.72. The zero-order chi connectivity index (χ0) is 12.8. The summed E-state index contributed by atoms with van der Waals surface area (Å²) < 4.78 is 0. The molecule has 0 aliphatic rings. The molecule has 0 fully saturated rings. The van der Waals surface area contributed by atoms with Gasteiger partial charge in [-0.1, -0.05) is 26.0 Å². The van der Waals surface area contributed by atoms with Gasteiger partial charge in [-0.15, -0.1) is 0 Å². The van der Waals surface area contributed by atoms with Crippen molar-refractivity contribution in [3.05, 3.63) is 29.3 Å². The Balaban J connectivity index is 2.65. The summed E-state index contributed by atoms with van der Waals surface area (Å²) in [6, 6.07) is 6.05. The Labute approximate surface area is 104 Å². The van der Waals surface area contributed by atoms with Crippen molar-refractivity contribution in [1.82, 2.24) is 5.32 Å². The Morgan fingerprint density at radius 1 is 1.24 bits per heavy atom. The molecule has 17 heavy (non-hydrogen) atoms. The quantitative estimate of drug-likeness (QED) is 0.821. The van der Waals surface area contributed by atoms with Gasteiger partial charge in [0.25, 0.3) is 0 Å². The Hall–Kier alpha value is -1.51. The van der Waals surface area contributed by atoms with Gasteiger partial charge >= 0.3 is 6.03 Å². The third kappa shape index (κ3) is 3.77. The van der Waals surface area contributed by atoms with E-state index in [1.54, 1.807) is 0 Å². The fraction of sp³-hybridized carbons (Fsp3) is 0.500. The number of carbonyl (C=O) groups excluding carboxylic acids is 1. The number of amides is 2.